The van der Waals surface area contributed by atoms with Gasteiger partial charge in [0.2, 0.25) is 5.91 Å². The summed E-state index contributed by atoms with van der Waals surface area (Å²) in [6.07, 6.45) is 6.14. The fourth-order valence-corrected chi connectivity index (χ4v) is 5.17. The first-order chi connectivity index (χ1) is 15.9. The van der Waals surface area contributed by atoms with Crippen molar-refractivity contribution in [3.63, 3.8) is 0 Å². The summed E-state index contributed by atoms with van der Waals surface area (Å²) in [6, 6.07) is 10.3. The summed E-state index contributed by atoms with van der Waals surface area (Å²) in [4.78, 5) is 29.5. The monoisotopic (exact) mass is 452 g/mol. The van der Waals surface area contributed by atoms with Crippen LogP contribution in [0.4, 0.5) is 11.4 Å². The number of ether oxygens (including phenoxy) is 1. The molecule has 0 unspecified atom stereocenters. The van der Waals surface area contributed by atoms with E-state index in [0.717, 1.165) is 49.1 Å². The lowest BCUT2D eigenvalue weighted by Gasteiger charge is -2.28. The van der Waals surface area contributed by atoms with Crippen LogP contribution in [0, 0.1) is 13.8 Å². The smallest absolute Gasteiger partial charge is 0.255 e. The number of hydrogen-bond donors (Lipinski definition) is 1. The highest BCUT2D eigenvalue weighted by atomic mass is 16.5. The number of rotatable bonds is 6. The molecule has 1 aliphatic carbocycles. The minimum atomic E-state index is -0.203. The normalized spacial score (nSPS) is 17.1. The third-order valence-corrected chi connectivity index (χ3v) is 6.91. The summed E-state index contributed by atoms with van der Waals surface area (Å²) in [6.45, 7) is 7.34. The van der Waals surface area contributed by atoms with E-state index in [4.69, 9.17) is 4.74 Å². The highest BCUT2D eigenvalue weighted by Crippen LogP contribution is 2.32. The number of benzene rings is 1. The standard InChI is InChI=1S/C26H36N4O3/c1-19-17-24(20(2)30(19)23-7-5-4-6-8-23)26(32)28(3)18-25(31)27-21-9-11-22(12-10-21)29-13-15-33-16-14-29/h9-12,17,23H,4-8,13-16,18H2,1-3H3,(H,27,31). The van der Waals surface area contributed by atoms with Crippen LogP contribution in [0.25, 0.3) is 0 Å². The first-order valence-electron chi connectivity index (χ1n) is 12.1. The summed E-state index contributed by atoms with van der Waals surface area (Å²) in [5.74, 6) is -0.311. The lowest BCUT2D eigenvalue weighted by atomic mass is 9.95. The second-order valence-electron chi connectivity index (χ2n) is 9.30. The predicted octanol–water partition coefficient (Wildman–Crippen LogP) is 4.16. The third kappa shape index (κ3) is 5.41. The predicted molar refractivity (Wildman–Crippen MR) is 131 cm³/mol. The maximum atomic E-state index is 13.1. The number of likely N-dealkylation sites (N-methyl/N-ethyl adjacent to an activating group) is 1. The molecule has 2 aliphatic rings. The van der Waals surface area contributed by atoms with Gasteiger partial charge >= 0.3 is 0 Å². The topological polar surface area (TPSA) is 66.8 Å². The third-order valence-electron chi connectivity index (χ3n) is 6.91. The number of amides is 2. The number of nitrogens with one attached hydrogen (secondary N) is 1. The Labute approximate surface area is 196 Å². The number of morpholine rings is 1. The molecule has 4 rings (SSSR count). The molecule has 1 aromatic carbocycles. The van der Waals surface area contributed by atoms with Gasteiger partial charge in [0.25, 0.3) is 5.91 Å². The Hall–Kier alpha value is -2.80. The van der Waals surface area contributed by atoms with Crippen molar-refractivity contribution in [2.75, 3.05) is 50.1 Å². The minimum Gasteiger partial charge on any atom is -0.378 e. The van der Waals surface area contributed by atoms with E-state index < -0.39 is 0 Å². The average Bonchev–Trinajstić information content (AvgIpc) is 3.13. The van der Waals surface area contributed by atoms with E-state index in [1.807, 2.05) is 37.3 Å². The van der Waals surface area contributed by atoms with Crippen molar-refractivity contribution in [2.45, 2.75) is 52.0 Å². The van der Waals surface area contributed by atoms with Crippen molar-refractivity contribution in [3.05, 3.63) is 47.3 Å². The molecule has 7 nitrogen and oxygen atoms in total. The molecule has 178 valence electrons. The molecule has 1 aromatic heterocycles. The van der Waals surface area contributed by atoms with Gasteiger partial charge in [-0.1, -0.05) is 19.3 Å². The van der Waals surface area contributed by atoms with Gasteiger partial charge in [-0.25, -0.2) is 0 Å². The van der Waals surface area contributed by atoms with Crippen LogP contribution in [0.15, 0.2) is 30.3 Å². The molecule has 1 aliphatic heterocycles. The second-order valence-corrected chi connectivity index (χ2v) is 9.30. The minimum absolute atomic E-state index is 0.0111. The van der Waals surface area contributed by atoms with Crippen molar-refractivity contribution >= 4 is 23.2 Å². The molecule has 0 atom stereocenters. The average molecular weight is 453 g/mol. The Morgan fingerprint density at radius 2 is 1.73 bits per heavy atom. The highest BCUT2D eigenvalue weighted by molar-refractivity contribution is 6.00. The van der Waals surface area contributed by atoms with Crippen LogP contribution >= 0.6 is 0 Å². The Kier molecular flexibility index (Phi) is 7.38. The molecule has 2 heterocycles. The van der Waals surface area contributed by atoms with E-state index >= 15 is 0 Å². The van der Waals surface area contributed by atoms with Crippen molar-refractivity contribution < 1.29 is 14.3 Å². The Balaban J connectivity index is 1.35. The van der Waals surface area contributed by atoms with Crippen molar-refractivity contribution in [1.29, 1.82) is 0 Å². The van der Waals surface area contributed by atoms with Crippen LogP contribution in [0.2, 0.25) is 0 Å². The Bertz CT molecular complexity index is 970. The van der Waals surface area contributed by atoms with E-state index in [1.54, 1.807) is 7.05 Å². The number of nitrogens with zero attached hydrogens (tertiary/aromatic N) is 3. The molecule has 0 radical (unpaired) electrons. The van der Waals surface area contributed by atoms with E-state index in [0.29, 0.717) is 11.6 Å². The summed E-state index contributed by atoms with van der Waals surface area (Å²) in [7, 11) is 1.69. The summed E-state index contributed by atoms with van der Waals surface area (Å²) in [5, 5.41) is 2.91. The second kappa shape index (κ2) is 10.4. The molecular formula is C26H36N4O3. The van der Waals surface area contributed by atoms with E-state index in [2.05, 4.69) is 21.7 Å². The molecule has 1 saturated heterocycles. The van der Waals surface area contributed by atoms with Crippen LogP contribution in [-0.2, 0) is 9.53 Å². The quantitative estimate of drug-likeness (QED) is 0.715. The number of hydrogen-bond acceptors (Lipinski definition) is 4. The number of carbonyl (C=O) groups is 2. The molecule has 33 heavy (non-hydrogen) atoms. The number of anilines is 2. The Morgan fingerprint density at radius 3 is 2.39 bits per heavy atom. The van der Waals surface area contributed by atoms with Crippen molar-refractivity contribution in [3.8, 4) is 0 Å². The zero-order valence-electron chi connectivity index (χ0n) is 20.1. The van der Waals surface area contributed by atoms with E-state index in [9.17, 15) is 9.59 Å². The van der Waals surface area contributed by atoms with Gasteiger partial charge in [0.05, 0.1) is 25.3 Å². The molecule has 1 saturated carbocycles. The van der Waals surface area contributed by atoms with Gasteiger partial charge in [-0.2, -0.15) is 0 Å². The van der Waals surface area contributed by atoms with E-state index in [-0.39, 0.29) is 18.4 Å². The fourth-order valence-electron chi connectivity index (χ4n) is 5.17. The largest absolute Gasteiger partial charge is 0.378 e. The van der Waals surface area contributed by atoms with Gasteiger partial charge in [0, 0.05) is 48.9 Å². The van der Waals surface area contributed by atoms with E-state index in [1.165, 1.54) is 37.0 Å². The number of carbonyl (C=O) groups excluding carboxylic acids is 2. The molecule has 2 fully saturated rings. The molecule has 1 N–H and O–H groups in total. The van der Waals surface area contributed by atoms with Gasteiger partial charge < -0.3 is 24.4 Å². The Morgan fingerprint density at radius 1 is 1.06 bits per heavy atom. The molecule has 2 amide bonds. The maximum absolute atomic E-state index is 13.1. The molecular weight excluding hydrogens is 416 g/mol. The van der Waals surface area contributed by atoms with Crippen molar-refractivity contribution in [2.24, 2.45) is 0 Å². The van der Waals surface area contributed by atoms with Gasteiger partial charge in [-0.3, -0.25) is 9.59 Å². The number of aromatic nitrogens is 1. The molecule has 0 spiro atoms. The SMILES string of the molecule is Cc1cc(C(=O)N(C)CC(=O)Nc2ccc(N3CCOCC3)cc2)c(C)n1C1CCCCC1. The summed E-state index contributed by atoms with van der Waals surface area (Å²) >= 11 is 0. The first-order valence-corrected chi connectivity index (χ1v) is 12.1. The lowest BCUT2D eigenvalue weighted by molar-refractivity contribution is -0.116. The van der Waals surface area contributed by atoms with Crippen LogP contribution in [0.5, 0.6) is 0 Å². The highest BCUT2D eigenvalue weighted by Gasteiger charge is 2.25. The fraction of sp³-hybridized carbons (Fsp3) is 0.538. The molecule has 0 bridgehead atoms. The summed E-state index contributed by atoms with van der Waals surface area (Å²) < 4.78 is 7.73. The zero-order chi connectivity index (χ0) is 23.4. The van der Waals surface area contributed by atoms with Crippen molar-refractivity contribution in [1.82, 2.24) is 9.47 Å². The zero-order valence-corrected chi connectivity index (χ0v) is 20.1. The summed E-state index contributed by atoms with van der Waals surface area (Å²) in [5.41, 5.74) is 4.69. The lowest BCUT2D eigenvalue weighted by Crippen LogP contribution is -2.36. The first kappa shape index (κ1) is 23.4. The molecule has 7 heteroatoms. The van der Waals surface area contributed by atoms with Crippen LogP contribution in [0.1, 0.15) is 59.9 Å². The van der Waals surface area contributed by atoms with Gasteiger partial charge in [-0.05, 0) is 57.0 Å². The molecule has 2 aromatic rings. The maximum Gasteiger partial charge on any atom is 0.255 e. The number of aryl methyl sites for hydroxylation is 1. The van der Waals surface area contributed by atoms with Crippen LogP contribution in [0.3, 0.4) is 0 Å². The van der Waals surface area contributed by atoms with Crippen LogP contribution < -0.4 is 10.2 Å². The van der Waals surface area contributed by atoms with Gasteiger partial charge in [0.1, 0.15) is 0 Å². The van der Waals surface area contributed by atoms with Gasteiger partial charge in [0.15, 0.2) is 0 Å². The van der Waals surface area contributed by atoms with Gasteiger partial charge in [-0.15, -0.1) is 0 Å². The van der Waals surface area contributed by atoms with Crippen LogP contribution in [-0.4, -0.2) is 61.2 Å².